The topological polar surface area (TPSA) is 492 Å². The highest BCUT2D eigenvalue weighted by atomic mass is 32.1. The quantitative estimate of drug-likeness (QED) is 0.0220. The van der Waals surface area contributed by atoms with Crippen LogP contribution in [0.5, 0.6) is 5.75 Å². The van der Waals surface area contributed by atoms with Gasteiger partial charge in [-0.05, 0) is 81.5 Å². The molecule has 30 heteroatoms. The van der Waals surface area contributed by atoms with Gasteiger partial charge >= 0.3 is 11.9 Å². The number of primary amides is 1. The van der Waals surface area contributed by atoms with Crippen LogP contribution in [0.25, 0.3) is 0 Å². The van der Waals surface area contributed by atoms with Gasteiger partial charge in [0.1, 0.15) is 60.1 Å². The number of phenols is 1. The van der Waals surface area contributed by atoms with E-state index in [2.05, 4.69) is 55.2 Å². The van der Waals surface area contributed by atoms with E-state index in [9.17, 15) is 78.0 Å². The average Bonchev–Trinajstić information content (AvgIpc) is 3.35. The molecule has 0 radical (unpaired) electrons. The number of aliphatic hydroxyl groups is 2. The van der Waals surface area contributed by atoms with Crippen LogP contribution in [-0.4, -0.2) is 182 Å². The van der Waals surface area contributed by atoms with Crippen molar-refractivity contribution in [2.45, 2.75) is 146 Å². The smallest absolute Gasteiger partial charge is 0.326 e. The standard InChI is InChI=1S/C47H76N12O17S/c1-22(2)16-30(42(70)51-24(5)38(66)52-29(13-14-35(50)63)41(69)55-31(47(75)76)18-36(64)65)54-45(73)34(21-77)58-46(74)37(23(3)4)59-44(72)33(20-61)57-40(68)28(8-6-7-15-48)53-43(71)32(19-60)56-39(67)27(49)17-25-9-11-26(62)12-10-25/h9-12,22-24,27-34,37,60-62,77H,6-8,13-21,48-49H2,1-5H3,(H2,50,63)(H,51,70)(H,52,66)(H,53,71)(H,54,73)(H,55,69)(H,56,67)(H,57,68)(H,58,74)(H,59,72)(H,64,65)(H,75,76)/t24-,27-,28-,29-,30-,31-,32-,33-,34-,37-/m0/s1. The number of unbranched alkanes of at least 4 members (excludes halogenated alkanes) is 1. The molecular weight excluding hydrogens is 1040 g/mol. The van der Waals surface area contributed by atoms with Crippen LogP contribution in [0.3, 0.4) is 0 Å². The number of carboxylic acid groups (broad SMARTS) is 2. The molecule has 1 rings (SSSR count). The minimum absolute atomic E-state index is 0.00612. The van der Waals surface area contributed by atoms with Crippen LogP contribution in [-0.2, 0) is 64.0 Å². The Morgan fingerprint density at radius 2 is 1.01 bits per heavy atom. The maximum atomic E-state index is 13.7. The van der Waals surface area contributed by atoms with Crippen LogP contribution in [0.4, 0.5) is 0 Å². The van der Waals surface area contributed by atoms with Gasteiger partial charge < -0.3 is 90.6 Å². The second kappa shape index (κ2) is 34.5. The zero-order chi connectivity index (χ0) is 58.7. The summed E-state index contributed by atoms with van der Waals surface area (Å²) in [5.41, 5.74) is 17.4. The largest absolute Gasteiger partial charge is 0.508 e. The molecule has 20 N–H and O–H groups in total. The Kier molecular flexibility index (Phi) is 30.4. The van der Waals surface area contributed by atoms with E-state index in [0.717, 1.165) is 0 Å². The zero-order valence-electron chi connectivity index (χ0n) is 43.5. The van der Waals surface area contributed by atoms with Gasteiger partial charge in [0.25, 0.3) is 0 Å². The third kappa shape index (κ3) is 25.0. The molecule has 0 aliphatic rings. The van der Waals surface area contributed by atoms with Crippen molar-refractivity contribution in [2.75, 3.05) is 25.5 Å². The number of rotatable bonds is 36. The lowest BCUT2D eigenvalue weighted by Gasteiger charge is -2.28. The molecule has 29 nitrogen and oxygen atoms in total. The molecule has 0 bridgehead atoms. The lowest BCUT2D eigenvalue weighted by molar-refractivity contribution is -0.147. The normalized spacial score (nSPS) is 15.0. The first kappa shape index (κ1) is 67.9. The first-order valence-corrected chi connectivity index (χ1v) is 25.2. The number of nitrogens with two attached hydrogens (primary N) is 3. The SMILES string of the molecule is CC(C)C[C@H](NC(=O)[C@H](CS)NC(=O)[C@@H](NC(=O)[C@H](CO)NC(=O)[C@H](CCCCN)NC(=O)[C@H](CO)NC(=O)[C@@H](N)Cc1ccc(O)cc1)C(C)C)C(=O)N[C@@H](C)C(=O)N[C@@H](CCC(N)=O)C(=O)N[C@@H](CC(=O)O)C(=O)O. The minimum atomic E-state index is -1.90. The average molecular weight is 1110 g/mol. The monoisotopic (exact) mass is 1110 g/mol. The van der Waals surface area contributed by atoms with Crippen LogP contribution in [0.1, 0.15) is 85.1 Å². The number of carbonyl (C=O) groups excluding carboxylic acids is 10. The maximum Gasteiger partial charge on any atom is 0.326 e. The number of benzene rings is 1. The molecule has 0 saturated heterocycles. The van der Waals surface area contributed by atoms with E-state index in [0.29, 0.717) is 12.0 Å². The van der Waals surface area contributed by atoms with Gasteiger partial charge in [0, 0.05) is 12.2 Å². The predicted molar refractivity (Wildman–Crippen MR) is 276 cm³/mol. The van der Waals surface area contributed by atoms with Gasteiger partial charge in [0.15, 0.2) is 0 Å². The summed E-state index contributed by atoms with van der Waals surface area (Å²) in [6, 6.07) is -9.19. The predicted octanol–water partition coefficient (Wildman–Crippen LogP) is -5.78. The summed E-state index contributed by atoms with van der Waals surface area (Å²) < 4.78 is 0. The summed E-state index contributed by atoms with van der Waals surface area (Å²) in [7, 11) is 0. The number of thiol groups is 1. The Balaban J connectivity index is 3.15. The van der Waals surface area contributed by atoms with E-state index in [1.807, 2.05) is 5.32 Å². The van der Waals surface area contributed by atoms with Gasteiger partial charge in [-0.25, -0.2) is 4.79 Å². The molecule has 0 spiro atoms. The second-order valence-electron chi connectivity index (χ2n) is 18.8. The highest BCUT2D eigenvalue weighted by molar-refractivity contribution is 7.80. The second-order valence-corrected chi connectivity index (χ2v) is 19.1. The van der Waals surface area contributed by atoms with Crippen LogP contribution in [0.15, 0.2) is 24.3 Å². The van der Waals surface area contributed by atoms with Crippen molar-refractivity contribution in [3.63, 3.8) is 0 Å². The van der Waals surface area contributed by atoms with E-state index in [4.69, 9.17) is 22.3 Å². The molecule has 1 aromatic carbocycles. The van der Waals surface area contributed by atoms with E-state index in [1.165, 1.54) is 32.9 Å². The number of hydrogen-bond acceptors (Lipinski definition) is 18. The van der Waals surface area contributed by atoms with Gasteiger partial charge in [-0.15, -0.1) is 0 Å². The molecule has 0 fully saturated rings. The lowest BCUT2D eigenvalue weighted by atomic mass is 10.0. The van der Waals surface area contributed by atoms with Crippen molar-refractivity contribution in [3.8, 4) is 5.75 Å². The van der Waals surface area contributed by atoms with Crippen molar-refractivity contribution in [1.29, 1.82) is 0 Å². The number of aromatic hydroxyl groups is 1. The lowest BCUT2D eigenvalue weighted by Crippen LogP contribution is -2.62. The molecule has 10 amide bonds. The third-order valence-electron chi connectivity index (χ3n) is 11.4. The van der Waals surface area contributed by atoms with Gasteiger partial charge in [-0.2, -0.15) is 12.6 Å². The Morgan fingerprint density at radius 1 is 0.558 bits per heavy atom. The summed E-state index contributed by atoms with van der Waals surface area (Å²) in [5, 5.41) is 69.3. The van der Waals surface area contributed by atoms with Crippen LogP contribution >= 0.6 is 12.6 Å². The van der Waals surface area contributed by atoms with Crippen molar-refractivity contribution >= 4 is 83.6 Å². The fraction of sp³-hybridized carbons (Fsp3) is 0.617. The molecule has 10 atom stereocenters. The number of nitrogens with one attached hydrogen (secondary N) is 9. The molecule has 77 heavy (non-hydrogen) atoms. The number of carbonyl (C=O) groups is 12. The first-order chi connectivity index (χ1) is 36.1. The zero-order valence-corrected chi connectivity index (χ0v) is 44.4. The number of hydrogen-bond donors (Lipinski definition) is 18. The molecular formula is C47H76N12O17S. The fourth-order valence-electron chi connectivity index (χ4n) is 7.05. The van der Waals surface area contributed by atoms with Crippen molar-refractivity contribution in [3.05, 3.63) is 29.8 Å². The molecule has 0 aliphatic heterocycles. The Bertz CT molecular complexity index is 2210. The van der Waals surface area contributed by atoms with E-state index < -0.39 is 170 Å². The van der Waals surface area contributed by atoms with Crippen molar-refractivity contribution < 1.29 is 83.1 Å². The molecule has 0 saturated carbocycles. The molecule has 0 aliphatic carbocycles. The van der Waals surface area contributed by atoms with Crippen molar-refractivity contribution in [2.24, 2.45) is 29.0 Å². The summed E-state index contributed by atoms with van der Waals surface area (Å²) in [6.45, 7) is 6.00. The van der Waals surface area contributed by atoms with Crippen LogP contribution in [0, 0.1) is 11.8 Å². The number of aliphatic carboxylic acids is 2. The number of amides is 10. The van der Waals surface area contributed by atoms with Crippen LogP contribution in [0.2, 0.25) is 0 Å². The summed E-state index contributed by atoms with van der Waals surface area (Å²) >= 11 is 4.19. The Hall–Kier alpha value is -7.15. The third-order valence-corrected chi connectivity index (χ3v) is 11.8. The number of carboxylic acids is 2. The molecule has 0 unspecified atom stereocenters. The highest BCUT2D eigenvalue weighted by Crippen LogP contribution is 2.12. The number of aliphatic hydroxyl groups excluding tert-OH is 2. The minimum Gasteiger partial charge on any atom is -0.508 e. The van der Waals surface area contributed by atoms with Gasteiger partial charge in [0.2, 0.25) is 59.1 Å². The maximum absolute atomic E-state index is 13.7. The first-order valence-electron chi connectivity index (χ1n) is 24.6. The fourth-order valence-corrected chi connectivity index (χ4v) is 7.31. The molecule has 432 valence electrons. The van der Waals surface area contributed by atoms with Gasteiger partial charge in [-0.1, -0.05) is 39.8 Å². The Labute approximate surface area is 449 Å². The summed E-state index contributed by atoms with van der Waals surface area (Å²) in [4.78, 5) is 155. The summed E-state index contributed by atoms with van der Waals surface area (Å²) in [6.07, 6.45) is -1.28. The van der Waals surface area contributed by atoms with Crippen LogP contribution < -0.4 is 65.1 Å². The summed E-state index contributed by atoms with van der Waals surface area (Å²) in [5.74, 6) is -14.2. The van der Waals surface area contributed by atoms with E-state index in [1.54, 1.807) is 26.0 Å². The molecule has 0 heterocycles. The van der Waals surface area contributed by atoms with Crippen molar-refractivity contribution in [1.82, 2.24) is 47.9 Å². The highest BCUT2D eigenvalue weighted by Gasteiger charge is 2.36. The van der Waals surface area contributed by atoms with E-state index >= 15 is 0 Å². The Morgan fingerprint density at radius 3 is 1.51 bits per heavy atom. The molecule has 1 aromatic rings. The number of phenolic OH excluding ortho intramolecular Hbond substituents is 1. The van der Waals surface area contributed by atoms with Gasteiger partial charge in [-0.3, -0.25) is 52.7 Å². The molecule has 0 aromatic heterocycles. The van der Waals surface area contributed by atoms with Gasteiger partial charge in [0.05, 0.1) is 25.7 Å². The van der Waals surface area contributed by atoms with E-state index in [-0.39, 0.29) is 49.6 Å².